The second kappa shape index (κ2) is 8.28. The third-order valence-electron chi connectivity index (χ3n) is 4.23. The van der Waals surface area contributed by atoms with Gasteiger partial charge in [-0.25, -0.2) is 14.0 Å². The van der Waals surface area contributed by atoms with Crippen molar-refractivity contribution in [2.24, 2.45) is 5.92 Å². The van der Waals surface area contributed by atoms with Gasteiger partial charge >= 0.3 is 47.7 Å². The van der Waals surface area contributed by atoms with Crippen LogP contribution >= 0.6 is 0 Å². The molecule has 0 rings (SSSR count). The summed E-state index contributed by atoms with van der Waals surface area (Å²) in [6.07, 6.45) is -8.00. The molecule has 0 aliphatic carbocycles. The minimum absolute atomic E-state index is 0.355. The highest BCUT2D eigenvalue weighted by atomic mass is 19.4. The number of hydrogen-bond donors (Lipinski definition) is 1. The van der Waals surface area contributed by atoms with E-state index in [0.29, 0.717) is 13.8 Å². The molecule has 1 atom stereocenters. The Balaban J connectivity index is 6.49. The van der Waals surface area contributed by atoms with Gasteiger partial charge in [0, 0.05) is 12.2 Å². The van der Waals surface area contributed by atoms with Gasteiger partial charge in [-0.2, -0.15) is 52.7 Å². The van der Waals surface area contributed by atoms with Gasteiger partial charge < -0.3 is 9.84 Å². The predicted molar refractivity (Wildman–Crippen MR) is 76.9 cm³/mol. The second-order valence-corrected chi connectivity index (χ2v) is 6.71. The molecule has 0 bridgehead atoms. The summed E-state index contributed by atoms with van der Waals surface area (Å²) < 4.78 is 180. The lowest BCUT2D eigenvalue weighted by Gasteiger charge is -2.44. The molecular weight excluding hydrogens is 491 g/mol. The number of esters is 1. The molecule has 0 aliphatic heterocycles. The molecule has 0 spiro atoms. The highest BCUT2D eigenvalue weighted by Crippen LogP contribution is 2.62. The average Bonchev–Trinajstić information content (AvgIpc) is 2.58. The SMILES string of the molecule is CC(C)C(C)(F)C(F)(F)C(F)(F)C(F)(F)C(F)(F)C(F)(F)C(F)(F)OC(=O)/C=C/C(=O)O. The Bertz CT molecular complexity index is 756. The fourth-order valence-electron chi connectivity index (χ4n) is 1.81. The first kappa shape index (κ1) is 29.8. The van der Waals surface area contributed by atoms with Gasteiger partial charge in [-0.3, -0.25) is 0 Å². The van der Waals surface area contributed by atoms with Crippen molar-refractivity contribution in [2.45, 2.75) is 62.2 Å². The molecule has 1 N–H and O–H groups in total. The van der Waals surface area contributed by atoms with Gasteiger partial charge in [-0.05, 0) is 12.8 Å². The number of ether oxygens (including phenoxy) is 1. The van der Waals surface area contributed by atoms with Crippen molar-refractivity contribution in [2.75, 3.05) is 0 Å². The maximum absolute atomic E-state index is 14.0. The highest BCUT2D eigenvalue weighted by Gasteiger charge is 2.93. The lowest BCUT2D eigenvalue weighted by atomic mass is 9.80. The quantitative estimate of drug-likeness (QED) is 0.249. The molecular formula is C15H13F13O4. The summed E-state index contributed by atoms with van der Waals surface area (Å²) in [6, 6.07) is 0. The first-order chi connectivity index (χ1) is 13.8. The molecule has 32 heavy (non-hydrogen) atoms. The van der Waals surface area contributed by atoms with Crippen molar-refractivity contribution in [3.05, 3.63) is 12.2 Å². The maximum atomic E-state index is 14.0. The zero-order valence-corrected chi connectivity index (χ0v) is 15.8. The number of aliphatic carboxylic acids is 1. The van der Waals surface area contributed by atoms with Crippen LogP contribution in [0.4, 0.5) is 57.1 Å². The molecule has 0 saturated heterocycles. The Hall–Kier alpha value is -2.23. The standard InChI is InChI=1S/C15H13F13O4/c1-6(2)9(3,16)10(17,18)11(19,20)12(21,22)13(23,24)14(25,26)15(27,28)32-8(31)5-4-7(29)30/h4-6H,1-3H3,(H,29,30)/b5-4+. The van der Waals surface area contributed by atoms with Crippen LogP contribution in [0, 0.1) is 5.92 Å². The zero-order chi connectivity index (χ0) is 26.4. The molecule has 0 radical (unpaired) electrons. The highest BCUT2D eigenvalue weighted by molar-refractivity contribution is 5.90. The van der Waals surface area contributed by atoms with Crippen molar-refractivity contribution in [3.63, 3.8) is 0 Å². The van der Waals surface area contributed by atoms with Gasteiger partial charge in [0.1, 0.15) is 0 Å². The van der Waals surface area contributed by atoms with E-state index in [1.165, 1.54) is 0 Å². The summed E-state index contributed by atoms with van der Waals surface area (Å²) in [6.45, 7) is 0.378. The summed E-state index contributed by atoms with van der Waals surface area (Å²) in [5, 5.41) is 8.09. The molecule has 0 aliphatic rings. The van der Waals surface area contributed by atoms with E-state index in [1.807, 2.05) is 0 Å². The van der Waals surface area contributed by atoms with Crippen LogP contribution in [0.25, 0.3) is 0 Å². The van der Waals surface area contributed by atoms with Crippen LogP contribution in [0.3, 0.4) is 0 Å². The Kier molecular flexibility index (Phi) is 7.70. The molecule has 0 fully saturated rings. The summed E-state index contributed by atoms with van der Waals surface area (Å²) >= 11 is 0. The van der Waals surface area contributed by atoms with Gasteiger partial charge in [-0.1, -0.05) is 13.8 Å². The van der Waals surface area contributed by atoms with E-state index in [-0.39, 0.29) is 6.08 Å². The number of hydrogen-bond acceptors (Lipinski definition) is 3. The Morgan fingerprint density at radius 2 is 1.03 bits per heavy atom. The minimum atomic E-state index is -8.08. The fourth-order valence-corrected chi connectivity index (χ4v) is 1.81. The molecule has 1 unspecified atom stereocenters. The van der Waals surface area contributed by atoms with Crippen molar-refractivity contribution in [1.82, 2.24) is 0 Å². The fraction of sp³-hybridized carbons (Fsp3) is 0.733. The molecule has 0 aromatic rings. The summed E-state index contributed by atoms with van der Waals surface area (Å²) in [4.78, 5) is 20.9. The minimum Gasteiger partial charge on any atom is -0.478 e. The molecule has 4 nitrogen and oxygen atoms in total. The summed E-state index contributed by atoms with van der Waals surface area (Å²) in [7, 11) is 0. The molecule has 188 valence electrons. The first-order valence-electron chi connectivity index (χ1n) is 7.85. The van der Waals surface area contributed by atoms with E-state index in [9.17, 15) is 66.7 Å². The van der Waals surface area contributed by atoms with Gasteiger partial charge in [0.05, 0.1) is 0 Å². The molecule has 0 saturated carbocycles. The van der Waals surface area contributed by atoms with Crippen molar-refractivity contribution >= 4 is 11.9 Å². The molecule has 0 amide bonds. The van der Waals surface area contributed by atoms with Crippen LogP contribution in [0.1, 0.15) is 20.8 Å². The van der Waals surface area contributed by atoms with E-state index in [4.69, 9.17) is 5.11 Å². The van der Waals surface area contributed by atoms with Gasteiger partial charge in [0.25, 0.3) is 0 Å². The van der Waals surface area contributed by atoms with E-state index < -0.39 is 72.2 Å². The summed E-state index contributed by atoms with van der Waals surface area (Å²) in [5.74, 6) is -45.7. The lowest BCUT2D eigenvalue weighted by molar-refractivity contribution is -0.457. The normalized spacial score (nSPS) is 16.9. The first-order valence-corrected chi connectivity index (χ1v) is 7.85. The van der Waals surface area contributed by atoms with E-state index >= 15 is 0 Å². The van der Waals surface area contributed by atoms with Crippen LogP contribution in [0.5, 0.6) is 0 Å². The predicted octanol–water partition coefficient (Wildman–Crippen LogP) is 5.32. The number of halogens is 13. The van der Waals surface area contributed by atoms with Crippen molar-refractivity contribution in [1.29, 1.82) is 0 Å². The van der Waals surface area contributed by atoms with Crippen molar-refractivity contribution in [3.8, 4) is 0 Å². The van der Waals surface area contributed by atoms with Crippen LogP contribution in [-0.4, -0.2) is 58.4 Å². The van der Waals surface area contributed by atoms with Crippen LogP contribution in [-0.2, 0) is 14.3 Å². The number of carbonyl (C=O) groups excluding carboxylic acids is 1. The molecule has 0 aromatic carbocycles. The van der Waals surface area contributed by atoms with Crippen LogP contribution in [0.2, 0.25) is 0 Å². The second-order valence-electron chi connectivity index (χ2n) is 6.71. The number of carboxylic acid groups (broad SMARTS) is 1. The molecule has 17 heteroatoms. The third kappa shape index (κ3) is 4.33. The molecule has 0 heterocycles. The smallest absolute Gasteiger partial charge is 0.473 e. The monoisotopic (exact) mass is 504 g/mol. The van der Waals surface area contributed by atoms with E-state index in [0.717, 1.165) is 0 Å². The topological polar surface area (TPSA) is 63.6 Å². The van der Waals surface area contributed by atoms with Crippen molar-refractivity contribution < 1.29 is 76.5 Å². The van der Waals surface area contributed by atoms with Crippen LogP contribution < -0.4 is 0 Å². The Labute approximate surface area is 170 Å². The largest absolute Gasteiger partial charge is 0.478 e. The van der Waals surface area contributed by atoms with E-state index in [2.05, 4.69) is 4.74 Å². The number of alkyl halides is 13. The van der Waals surface area contributed by atoms with Crippen LogP contribution in [0.15, 0.2) is 12.2 Å². The molecule has 0 aromatic heterocycles. The maximum Gasteiger partial charge on any atom is 0.473 e. The van der Waals surface area contributed by atoms with Gasteiger partial charge in [-0.15, -0.1) is 0 Å². The Morgan fingerprint density at radius 1 is 0.688 bits per heavy atom. The van der Waals surface area contributed by atoms with E-state index in [1.54, 1.807) is 0 Å². The number of carbonyl (C=O) groups is 2. The van der Waals surface area contributed by atoms with Gasteiger partial charge in [0.15, 0.2) is 5.67 Å². The number of carboxylic acids is 1. The Morgan fingerprint density at radius 3 is 1.38 bits per heavy atom. The van der Waals surface area contributed by atoms with Gasteiger partial charge in [0.2, 0.25) is 0 Å². The summed E-state index contributed by atoms with van der Waals surface area (Å²) in [5.41, 5.74) is -4.73. The third-order valence-corrected chi connectivity index (χ3v) is 4.23. The lowest BCUT2D eigenvalue weighted by Crippen LogP contribution is -2.73. The average molecular weight is 504 g/mol. The zero-order valence-electron chi connectivity index (χ0n) is 15.8. The number of rotatable bonds is 10.